The third-order valence-corrected chi connectivity index (χ3v) is 3.33. The lowest BCUT2D eigenvalue weighted by Gasteiger charge is -2.22. The highest BCUT2D eigenvalue weighted by Gasteiger charge is 2.30. The molecule has 1 aromatic rings. The second-order valence-electron chi connectivity index (χ2n) is 4.27. The van der Waals surface area contributed by atoms with E-state index in [1.54, 1.807) is 0 Å². The Labute approximate surface area is 116 Å². The third-order valence-electron chi connectivity index (χ3n) is 2.50. The molecule has 1 saturated heterocycles. The standard InChI is InChI=1S/C10H13F3N4O2S/c11-10(12,13)4-8-16-17-9(20-8)15-7(18)3-6-5-19-2-1-14-6/h6,14H,1-5H2,(H,15,17,18). The molecule has 0 spiro atoms. The fourth-order valence-electron chi connectivity index (χ4n) is 1.69. The molecular formula is C10H13F3N4O2S. The Hall–Kier alpha value is -1.26. The number of morpholine rings is 1. The molecule has 2 heterocycles. The summed E-state index contributed by atoms with van der Waals surface area (Å²) in [6.07, 6.45) is -5.29. The summed E-state index contributed by atoms with van der Waals surface area (Å²) >= 11 is 0.724. The molecule has 2 N–H and O–H groups in total. The fraction of sp³-hybridized carbons (Fsp3) is 0.700. The van der Waals surface area contributed by atoms with Crippen LogP contribution in [0.3, 0.4) is 0 Å². The minimum absolute atomic E-state index is 0.0750. The smallest absolute Gasteiger partial charge is 0.378 e. The van der Waals surface area contributed by atoms with Gasteiger partial charge in [0.2, 0.25) is 11.0 Å². The summed E-state index contributed by atoms with van der Waals surface area (Å²) in [7, 11) is 0. The fourth-order valence-corrected chi connectivity index (χ4v) is 2.48. The van der Waals surface area contributed by atoms with E-state index in [1.807, 2.05) is 0 Å². The van der Waals surface area contributed by atoms with Gasteiger partial charge in [-0.1, -0.05) is 11.3 Å². The predicted molar refractivity (Wildman–Crippen MR) is 65.5 cm³/mol. The Kier molecular flexibility index (Phi) is 4.89. The van der Waals surface area contributed by atoms with Crippen LogP contribution in [0.2, 0.25) is 0 Å². The molecule has 112 valence electrons. The molecule has 2 rings (SSSR count). The molecule has 1 amide bonds. The van der Waals surface area contributed by atoms with E-state index in [0.717, 1.165) is 11.3 Å². The molecule has 1 aromatic heterocycles. The lowest BCUT2D eigenvalue weighted by Crippen LogP contribution is -2.43. The van der Waals surface area contributed by atoms with Crippen molar-refractivity contribution in [2.45, 2.75) is 25.1 Å². The summed E-state index contributed by atoms with van der Waals surface area (Å²) in [6.45, 7) is 1.71. The number of nitrogens with zero attached hydrogens (tertiary/aromatic N) is 2. The van der Waals surface area contributed by atoms with Crippen LogP contribution in [0, 0.1) is 0 Å². The lowest BCUT2D eigenvalue weighted by atomic mass is 10.2. The zero-order chi connectivity index (χ0) is 14.6. The van der Waals surface area contributed by atoms with E-state index in [4.69, 9.17) is 4.74 Å². The molecule has 0 saturated carbocycles. The molecule has 0 radical (unpaired) electrons. The number of halogens is 3. The number of amides is 1. The Morgan fingerprint density at radius 2 is 2.30 bits per heavy atom. The van der Waals surface area contributed by atoms with Crippen LogP contribution in [0.4, 0.5) is 18.3 Å². The van der Waals surface area contributed by atoms with Gasteiger partial charge < -0.3 is 15.4 Å². The summed E-state index contributed by atoms with van der Waals surface area (Å²) < 4.78 is 41.7. The molecule has 20 heavy (non-hydrogen) atoms. The molecule has 1 aliphatic heterocycles. The number of carbonyl (C=O) groups is 1. The first kappa shape index (κ1) is 15.1. The minimum Gasteiger partial charge on any atom is -0.378 e. The van der Waals surface area contributed by atoms with Crippen LogP contribution in [0.15, 0.2) is 0 Å². The molecule has 1 aliphatic rings. The first-order valence-corrected chi connectivity index (χ1v) is 6.74. The molecule has 1 atom stereocenters. The van der Waals surface area contributed by atoms with Crippen LogP contribution < -0.4 is 10.6 Å². The zero-order valence-corrected chi connectivity index (χ0v) is 11.2. The highest BCUT2D eigenvalue weighted by Crippen LogP contribution is 2.25. The van der Waals surface area contributed by atoms with Gasteiger partial charge in [0.05, 0.1) is 19.6 Å². The van der Waals surface area contributed by atoms with Gasteiger partial charge in [-0.05, 0) is 0 Å². The van der Waals surface area contributed by atoms with Crippen molar-refractivity contribution in [1.82, 2.24) is 15.5 Å². The quantitative estimate of drug-likeness (QED) is 0.866. The number of aromatic nitrogens is 2. The number of ether oxygens (including phenoxy) is 1. The minimum atomic E-state index is -4.33. The van der Waals surface area contributed by atoms with E-state index in [2.05, 4.69) is 20.8 Å². The molecule has 0 aliphatic carbocycles. The van der Waals surface area contributed by atoms with Crippen LogP contribution in [-0.4, -0.2) is 48.1 Å². The predicted octanol–water partition coefficient (Wildman–Crippen LogP) is 0.960. The van der Waals surface area contributed by atoms with Gasteiger partial charge in [0.1, 0.15) is 5.01 Å². The van der Waals surface area contributed by atoms with Crippen LogP contribution in [0.25, 0.3) is 0 Å². The van der Waals surface area contributed by atoms with Crippen LogP contribution >= 0.6 is 11.3 Å². The molecule has 1 fully saturated rings. The number of anilines is 1. The Bertz CT molecular complexity index is 460. The molecular weight excluding hydrogens is 297 g/mol. The van der Waals surface area contributed by atoms with Crippen molar-refractivity contribution in [3.8, 4) is 0 Å². The maximum absolute atomic E-state index is 12.2. The number of hydrogen-bond acceptors (Lipinski definition) is 6. The Morgan fingerprint density at radius 1 is 1.50 bits per heavy atom. The van der Waals surface area contributed by atoms with E-state index >= 15 is 0 Å². The van der Waals surface area contributed by atoms with Crippen molar-refractivity contribution in [2.24, 2.45) is 0 Å². The topological polar surface area (TPSA) is 76.1 Å². The summed E-state index contributed by atoms with van der Waals surface area (Å²) in [5.74, 6) is -0.331. The lowest BCUT2D eigenvalue weighted by molar-refractivity contribution is -0.127. The second-order valence-corrected chi connectivity index (χ2v) is 5.33. The summed E-state index contributed by atoms with van der Waals surface area (Å²) in [6, 6.07) is -0.0914. The maximum Gasteiger partial charge on any atom is 0.395 e. The highest BCUT2D eigenvalue weighted by atomic mass is 32.1. The highest BCUT2D eigenvalue weighted by molar-refractivity contribution is 7.15. The van der Waals surface area contributed by atoms with Crippen molar-refractivity contribution >= 4 is 22.4 Å². The van der Waals surface area contributed by atoms with Crippen molar-refractivity contribution in [3.63, 3.8) is 0 Å². The molecule has 1 unspecified atom stereocenters. The number of rotatable bonds is 4. The summed E-state index contributed by atoms with van der Waals surface area (Å²) in [4.78, 5) is 11.7. The van der Waals surface area contributed by atoms with Gasteiger partial charge in [0.25, 0.3) is 0 Å². The van der Waals surface area contributed by atoms with Gasteiger partial charge in [-0.2, -0.15) is 13.2 Å². The van der Waals surface area contributed by atoms with E-state index in [1.165, 1.54) is 0 Å². The largest absolute Gasteiger partial charge is 0.395 e. The van der Waals surface area contributed by atoms with Gasteiger partial charge in [-0.25, -0.2) is 0 Å². The van der Waals surface area contributed by atoms with E-state index in [-0.39, 0.29) is 28.5 Å². The van der Waals surface area contributed by atoms with Gasteiger partial charge in [0, 0.05) is 19.0 Å². The van der Waals surface area contributed by atoms with Gasteiger partial charge in [0.15, 0.2) is 0 Å². The first-order chi connectivity index (χ1) is 9.42. The van der Waals surface area contributed by atoms with Gasteiger partial charge in [-0.3, -0.25) is 4.79 Å². The van der Waals surface area contributed by atoms with Crippen molar-refractivity contribution < 1.29 is 22.7 Å². The van der Waals surface area contributed by atoms with E-state index in [9.17, 15) is 18.0 Å². The Morgan fingerprint density at radius 3 is 2.95 bits per heavy atom. The number of carbonyl (C=O) groups excluding carboxylic acids is 1. The zero-order valence-electron chi connectivity index (χ0n) is 10.4. The van der Waals surface area contributed by atoms with Crippen LogP contribution in [-0.2, 0) is 16.0 Å². The van der Waals surface area contributed by atoms with E-state index < -0.39 is 12.6 Å². The normalized spacial score (nSPS) is 19.9. The van der Waals surface area contributed by atoms with Crippen LogP contribution in [0.1, 0.15) is 11.4 Å². The van der Waals surface area contributed by atoms with Crippen molar-refractivity contribution in [2.75, 3.05) is 25.1 Å². The van der Waals surface area contributed by atoms with Crippen molar-refractivity contribution in [3.05, 3.63) is 5.01 Å². The average Bonchev–Trinajstić information content (AvgIpc) is 2.75. The number of nitrogens with one attached hydrogen (secondary N) is 2. The molecule has 10 heteroatoms. The summed E-state index contributed by atoms with van der Waals surface area (Å²) in [5, 5.41) is 12.4. The molecule has 0 bridgehead atoms. The third kappa shape index (κ3) is 5.02. The first-order valence-electron chi connectivity index (χ1n) is 5.92. The molecule has 6 nitrogen and oxygen atoms in total. The SMILES string of the molecule is O=C(CC1COCCN1)Nc1nnc(CC(F)(F)F)s1. The van der Waals surface area contributed by atoms with Gasteiger partial charge >= 0.3 is 6.18 Å². The monoisotopic (exact) mass is 310 g/mol. The number of hydrogen-bond donors (Lipinski definition) is 2. The Balaban J connectivity index is 1.82. The molecule has 0 aromatic carbocycles. The maximum atomic E-state index is 12.2. The number of alkyl halides is 3. The summed E-state index contributed by atoms with van der Waals surface area (Å²) in [5.41, 5.74) is 0. The van der Waals surface area contributed by atoms with Crippen LogP contribution in [0.5, 0.6) is 0 Å². The van der Waals surface area contributed by atoms with E-state index in [0.29, 0.717) is 19.8 Å². The van der Waals surface area contributed by atoms with Crippen molar-refractivity contribution in [1.29, 1.82) is 0 Å². The average molecular weight is 310 g/mol. The van der Waals surface area contributed by atoms with Gasteiger partial charge in [-0.15, -0.1) is 10.2 Å². The second kappa shape index (κ2) is 6.46.